The summed E-state index contributed by atoms with van der Waals surface area (Å²) in [6, 6.07) is 10.7. The first-order chi connectivity index (χ1) is 14.9. The number of para-hydroxylation sites is 1. The van der Waals surface area contributed by atoms with Crippen molar-refractivity contribution >= 4 is 34.7 Å². The number of anilines is 2. The summed E-state index contributed by atoms with van der Waals surface area (Å²) in [5.41, 5.74) is 6.14. The minimum atomic E-state index is 0.0307. The van der Waals surface area contributed by atoms with E-state index in [1.54, 1.807) is 13.1 Å². The number of piperidine rings is 1. The Morgan fingerprint density at radius 3 is 2.90 bits per heavy atom. The summed E-state index contributed by atoms with van der Waals surface area (Å²) in [7, 11) is 2.13. The number of halogens is 1. The molecule has 1 aromatic carbocycles. The zero-order valence-electron chi connectivity index (χ0n) is 18.6. The fraction of sp³-hybridized carbons (Fsp3) is 0.440. The van der Waals surface area contributed by atoms with Crippen LogP contribution in [0.5, 0.6) is 0 Å². The fourth-order valence-electron chi connectivity index (χ4n) is 4.82. The molecule has 1 fully saturated rings. The third kappa shape index (κ3) is 4.72. The van der Waals surface area contributed by atoms with Gasteiger partial charge in [-0.05, 0) is 61.8 Å². The molecule has 5 nitrogen and oxygen atoms in total. The number of hydrogen-bond donors (Lipinski definition) is 1. The standard InChI is InChI=1S/C25H31ClN4O/c1-17-10-11-20-8-4-5-9-23(20)29(3)25(17)21-13-24(28-15-22(21)26)30-12-6-7-19(16-30)14-27-18(2)31/h4-5,8-9,13,15,19H,6-7,10-12,14,16H2,1-3H3,(H,27,31). The first-order valence-electron chi connectivity index (χ1n) is 11.1. The van der Waals surface area contributed by atoms with Crippen molar-refractivity contribution in [1.29, 1.82) is 0 Å². The van der Waals surface area contributed by atoms with E-state index in [0.29, 0.717) is 10.9 Å². The smallest absolute Gasteiger partial charge is 0.216 e. The zero-order valence-corrected chi connectivity index (χ0v) is 19.4. The number of benzene rings is 1. The van der Waals surface area contributed by atoms with Gasteiger partial charge < -0.3 is 15.1 Å². The van der Waals surface area contributed by atoms with Crippen molar-refractivity contribution < 1.29 is 4.79 Å². The van der Waals surface area contributed by atoms with Gasteiger partial charge in [-0.3, -0.25) is 4.79 Å². The normalized spacial score (nSPS) is 19.2. The lowest BCUT2D eigenvalue weighted by Gasteiger charge is -2.34. The Morgan fingerprint density at radius 1 is 1.29 bits per heavy atom. The number of rotatable bonds is 4. The van der Waals surface area contributed by atoms with Gasteiger partial charge in [0, 0.05) is 56.8 Å². The minimum absolute atomic E-state index is 0.0307. The Labute approximate surface area is 190 Å². The molecule has 1 atom stereocenters. The Balaban J connectivity index is 1.64. The second-order valence-corrected chi connectivity index (χ2v) is 9.14. The van der Waals surface area contributed by atoms with E-state index in [4.69, 9.17) is 11.6 Å². The van der Waals surface area contributed by atoms with E-state index in [1.807, 2.05) is 0 Å². The summed E-state index contributed by atoms with van der Waals surface area (Å²) in [6.07, 6.45) is 6.05. The van der Waals surface area contributed by atoms with E-state index >= 15 is 0 Å². The molecule has 31 heavy (non-hydrogen) atoms. The molecule has 1 aromatic heterocycles. The van der Waals surface area contributed by atoms with Gasteiger partial charge in [0.05, 0.1) is 5.02 Å². The molecule has 3 heterocycles. The van der Waals surface area contributed by atoms with Crippen LogP contribution >= 0.6 is 11.6 Å². The molecule has 164 valence electrons. The van der Waals surface area contributed by atoms with Gasteiger partial charge in [0.25, 0.3) is 0 Å². The second-order valence-electron chi connectivity index (χ2n) is 8.73. The number of hydrogen-bond acceptors (Lipinski definition) is 4. The molecule has 1 saturated heterocycles. The lowest BCUT2D eigenvalue weighted by Crippen LogP contribution is -2.41. The number of nitrogens with one attached hydrogen (secondary N) is 1. The molecule has 1 N–H and O–H groups in total. The molecule has 6 heteroatoms. The van der Waals surface area contributed by atoms with Gasteiger partial charge in [-0.15, -0.1) is 0 Å². The van der Waals surface area contributed by atoms with Gasteiger partial charge in [0.15, 0.2) is 0 Å². The SMILES string of the molecule is CC(=O)NCC1CCCN(c2cc(C3=C(C)CCc4ccccc4N3C)c(Cl)cn2)C1. The molecule has 0 radical (unpaired) electrons. The highest BCUT2D eigenvalue weighted by atomic mass is 35.5. The van der Waals surface area contributed by atoms with Gasteiger partial charge in [-0.2, -0.15) is 0 Å². The third-order valence-corrected chi connectivity index (χ3v) is 6.74. The largest absolute Gasteiger partial charge is 0.356 e. The second kappa shape index (κ2) is 9.31. The molecule has 0 spiro atoms. The highest BCUT2D eigenvalue weighted by Crippen LogP contribution is 2.39. The number of aromatic nitrogens is 1. The van der Waals surface area contributed by atoms with Crippen LogP contribution in [0.4, 0.5) is 11.5 Å². The first-order valence-corrected chi connectivity index (χ1v) is 11.5. The number of pyridine rings is 1. The van der Waals surface area contributed by atoms with Crippen LogP contribution in [0, 0.1) is 5.92 Å². The van der Waals surface area contributed by atoms with Crippen LogP contribution < -0.4 is 15.1 Å². The van der Waals surface area contributed by atoms with Crippen LogP contribution in [0.25, 0.3) is 5.70 Å². The summed E-state index contributed by atoms with van der Waals surface area (Å²) in [5.74, 6) is 1.42. The van der Waals surface area contributed by atoms with Gasteiger partial charge in [0.1, 0.15) is 5.82 Å². The zero-order chi connectivity index (χ0) is 22.0. The van der Waals surface area contributed by atoms with Crippen LogP contribution in [0.3, 0.4) is 0 Å². The molecule has 1 amide bonds. The summed E-state index contributed by atoms with van der Waals surface area (Å²) >= 11 is 6.70. The van der Waals surface area contributed by atoms with E-state index in [9.17, 15) is 4.79 Å². The van der Waals surface area contributed by atoms with Gasteiger partial charge in [0.2, 0.25) is 5.91 Å². The van der Waals surface area contributed by atoms with Crippen molar-refractivity contribution in [2.24, 2.45) is 5.92 Å². The number of carbonyl (C=O) groups excluding carboxylic acids is 1. The molecule has 2 aliphatic heterocycles. The maximum absolute atomic E-state index is 11.3. The van der Waals surface area contributed by atoms with Crippen molar-refractivity contribution in [2.45, 2.75) is 39.5 Å². The van der Waals surface area contributed by atoms with E-state index < -0.39 is 0 Å². The number of fused-ring (bicyclic) bond motifs is 1. The topological polar surface area (TPSA) is 48.5 Å². The van der Waals surface area contributed by atoms with Crippen molar-refractivity contribution in [3.05, 3.63) is 58.3 Å². The van der Waals surface area contributed by atoms with Crippen molar-refractivity contribution in [1.82, 2.24) is 10.3 Å². The molecule has 0 aliphatic carbocycles. The molecule has 2 aliphatic rings. The number of carbonyl (C=O) groups is 1. The van der Waals surface area contributed by atoms with Crippen molar-refractivity contribution in [2.75, 3.05) is 36.5 Å². The lowest BCUT2D eigenvalue weighted by molar-refractivity contribution is -0.119. The summed E-state index contributed by atoms with van der Waals surface area (Å²) in [6.45, 7) is 6.37. The summed E-state index contributed by atoms with van der Waals surface area (Å²) in [5, 5.41) is 3.64. The molecule has 0 bridgehead atoms. The van der Waals surface area contributed by atoms with E-state index in [1.165, 1.54) is 22.5 Å². The van der Waals surface area contributed by atoms with E-state index in [0.717, 1.165) is 56.7 Å². The van der Waals surface area contributed by atoms with Crippen LogP contribution in [-0.4, -0.2) is 37.6 Å². The molecule has 2 aromatic rings. The van der Waals surface area contributed by atoms with Crippen LogP contribution in [-0.2, 0) is 11.2 Å². The van der Waals surface area contributed by atoms with Crippen molar-refractivity contribution in [3.63, 3.8) is 0 Å². The molecular weight excluding hydrogens is 408 g/mol. The van der Waals surface area contributed by atoms with Crippen LogP contribution in [0.15, 0.2) is 42.1 Å². The maximum atomic E-state index is 11.3. The number of nitrogens with zero attached hydrogens (tertiary/aromatic N) is 3. The minimum Gasteiger partial charge on any atom is -0.356 e. The third-order valence-electron chi connectivity index (χ3n) is 6.44. The average Bonchev–Trinajstić information content (AvgIpc) is 2.89. The fourth-order valence-corrected chi connectivity index (χ4v) is 5.01. The van der Waals surface area contributed by atoms with Gasteiger partial charge in [-0.1, -0.05) is 29.8 Å². The Morgan fingerprint density at radius 2 is 2.10 bits per heavy atom. The Kier molecular flexibility index (Phi) is 6.51. The van der Waals surface area contributed by atoms with Crippen molar-refractivity contribution in [3.8, 4) is 0 Å². The van der Waals surface area contributed by atoms with Gasteiger partial charge >= 0.3 is 0 Å². The van der Waals surface area contributed by atoms with Crippen LogP contribution in [0.1, 0.15) is 44.2 Å². The number of allylic oxidation sites excluding steroid dienone is 1. The summed E-state index contributed by atoms with van der Waals surface area (Å²) in [4.78, 5) is 20.6. The average molecular weight is 439 g/mol. The number of aryl methyl sites for hydroxylation is 1. The predicted molar refractivity (Wildman–Crippen MR) is 129 cm³/mol. The van der Waals surface area contributed by atoms with Gasteiger partial charge in [-0.25, -0.2) is 4.98 Å². The first kappa shape index (κ1) is 21.7. The lowest BCUT2D eigenvalue weighted by atomic mass is 9.97. The maximum Gasteiger partial charge on any atom is 0.216 e. The molecule has 4 rings (SSSR count). The Bertz CT molecular complexity index is 1000. The highest BCUT2D eigenvalue weighted by Gasteiger charge is 2.25. The number of amides is 1. The molecular formula is C25H31ClN4O. The molecule has 0 saturated carbocycles. The Hall–Kier alpha value is -2.53. The quantitative estimate of drug-likeness (QED) is 0.737. The predicted octanol–water partition coefficient (Wildman–Crippen LogP) is 4.90. The van der Waals surface area contributed by atoms with E-state index in [2.05, 4.69) is 64.4 Å². The highest BCUT2D eigenvalue weighted by molar-refractivity contribution is 6.32. The van der Waals surface area contributed by atoms with E-state index in [-0.39, 0.29) is 5.91 Å². The molecule has 1 unspecified atom stereocenters. The summed E-state index contributed by atoms with van der Waals surface area (Å²) < 4.78 is 0. The monoisotopic (exact) mass is 438 g/mol. The van der Waals surface area contributed by atoms with Crippen LogP contribution in [0.2, 0.25) is 5.02 Å².